The minimum Gasteiger partial charge on any atom is -0.496 e. The fourth-order valence-electron chi connectivity index (χ4n) is 2.18. The van der Waals surface area contributed by atoms with Crippen LogP contribution in [0.5, 0.6) is 5.75 Å². The Bertz CT molecular complexity index is 952. The summed E-state index contributed by atoms with van der Waals surface area (Å²) in [6.45, 7) is 1.21. The van der Waals surface area contributed by atoms with Crippen LogP contribution in [-0.2, 0) is 14.8 Å². The minimum absolute atomic E-state index is 0. The molecule has 0 fully saturated rings. The SMILES string of the molecule is COc1ccc(Cl)cc1C(=O)NCNc1ccc(S(=O)(=O)NC(C)=O)cc1.[Na+]. The largest absolute Gasteiger partial charge is 1.00 e. The number of benzene rings is 2. The summed E-state index contributed by atoms with van der Waals surface area (Å²) in [4.78, 5) is 23.1. The zero-order valence-electron chi connectivity index (χ0n) is 15.6. The summed E-state index contributed by atoms with van der Waals surface area (Å²) >= 11 is 5.90. The minimum atomic E-state index is -3.88. The van der Waals surface area contributed by atoms with E-state index in [2.05, 4.69) is 10.6 Å². The molecule has 2 amide bonds. The number of ether oxygens (including phenoxy) is 1. The number of methoxy groups -OCH3 is 1. The molecule has 3 N–H and O–H groups in total. The van der Waals surface area contributed by atoms with Gasteiger partial charge in [-0.05, 0) is 42.5 Å². The van der Waals surface area contributed by atoms with E-state index in [4.69, 9.17) is 16.3 Å². The van der Waals surface area contributed by atoms with Gasteiger partial charge in [0.15, 0.2) is 0 Å². The van der Waals surface area contributed by atoms with Crippen molar-refractivity contribution in [3.63, 3.8) is 0 Å². The van der Waals surface area contributed by atoms with Crippen LogP contribution in [0.15, 0.2) is 47.4 Å². The predicted molar refractivity (Wildman–Crippen MR) is 101 cm³/mol. The van der Waals surface area contributed by atoms with Crippen LogP contribution in [0.3, 0.4) is 0 Å². The molecule has 0 saturated carbocycles. The second-order valence-electron chi connectivity index (χ2n) is 5.39. The summed E-state index contributed by atoms with van der Waals surface area (Å²) in [7, 11) is -2.43. The summed E-state index contributed by atoms with van der Waals surface area (Å²) in [6.07, 6.45) is 0. The number of carbonyl (C=O) groups excluding carboxylic acids is 2. The van der Waals surface area contributed by atoms with E-state index in [0.29, 0.717) is 22.0 Å². The molecular weight excluding hydrogens is 417 g/mol. The first-order valence-corrected chi connectivity index (χ1v) is 9.58. The molecular formula is C17H18ClN3NaO5S+. The van der Waals surface area contributed by atoms with Crippen LogP contribution in [0.4, 0.5) is 5.69 Å². The molecule has 0 atom stereocenters. The molecule has 2 rings (SSSR count). The van der Waals surface area contributed by atoms with E-state index < -0.39 is 15.9 Å². The van der Waals surface area contributed by atoms with Gasteiger partial charge < -0.3 is 15.4 Å². The molecule has 11 heteroatoms. The first-order chi connectivity index (χ1) is 12.7. The van der Waals surface area contributed by atoms with Crippen LogP contribution in [0.25, 0.3) is 0 Å². The van der Waals surface area contributed by atoms with Crippen molar-refractivity contribution in [1.29, 1.82) is 0 Å². The maximum absolute atomic E-state index is 12.2. The second-order valence-corrected chi connectivity index (χ2v) is 7.51. The van der Waals surface area contributed by atoms with Gasteiger partial charge >= 0.3 is 29.6 Å². The van der Waals surface area contributed by atoms with E-state index in [1.165, 1.54) is 37.4 Å². The molecule has 0 aromatic heterocycles. The maximum atomic E-state index is 12.2. The Hall–Kier alpha value is -1.78. The van der Waals surface area contributed by atoms with Gasteiger partial charge in [-0.2, -0.15) is 0 Å². The van der Waals surface area contributed by atoms with Crippen molar-refractivity contribution >= 4 is 39.1 Å². The summed E-state index contributed by atoms with van der Waals surface area (Å²) in [5, 5.41) is 5.99. The van der Waals surface area contributed by atoms with Crippen molar-refractivity contribution in [2.45, 2.75) is 11.8 Å². The van der Waals surface area contributed by atoms with Crippen molar-refractivity contribution in [2.24, 2.45) is 0 Å². The monoisotopic (exact) mass is 434 g/mol. The third-order valence-corrected chi connectivity index (χ3v) is 5.07. The maximum Gasteiger partial charge on any atom is 1.00 e. The Labute approximate surface area is 190 Å². The number of carbonyl (C=O) groups is 2. The fraction of sp³-hybridized carbons (Fsp3) is 0.176. The first kappa shape index (κ1) is 24.3. The van der Waals surface area contributed by atoms with Gasteiger partial charge in [-0.25, -0.2) is 13.1 Å². The standard InChI is InChI=1S/C17H18ClN3O5S.Na/c1-11(22)21-27(24,25)14-6-4-13(5-7-14)19-10-20-17(23)15-9-12(18)3-8-16(15)26-2;/h3-9,19H,10H2,1-2H3,(H,20,23)(H,21,22);/q;+1. The zero-order valence-corrected chi connectivity index (χ0v) is 19.1. The van der Waals surface area contributed by atoms with Gasteiger partial charge in [0.05, 0.1) is 24.2 Å². The quantitative estimate of drug-likeness (QED) is 0.379. The van der Waals surface area contributed by atoms with E-state index in [1.807, 2.05) is 4.72 Å². The van der Waals surface area contributed by atoms with Gasteiger partial charge in [-0.15, -0.1) is 0 Å². The van der Waals surface area contributed by atoms with E-state index in [0.717, 1.165) is 6.92 Å². The third kappa shape index (κ3) is 6.68. The smallest absolute Gasteiger partial charge is 0.496 e. The molecule has 8 nitrogen and oxygen atoms in total. The molecule has 0 heterocycles. The van der Waals surface area contributed by atoms with Crippen LogP contribution < -0.4 is 49.6 Å². The van der Waals surface area contributed by atoms with Gasteiger partial charge in [-0.1, -0.05) is 11.6 Å². The van der Waals surface area contributed by atoms with Crippen LogP contribution in [-0.4, -0.2) is 34.0 Å². The van der Waals surface area contributed by atoms with Gasteiger partial charge in [0.1, 0.15) is 5.75 Å². The molecule has 0 bridgehead atoms. The third-order valence-electron chi connectivity index (χ3n) is 3.39. The molecule has 0 saturated heterocycles. The zero-order chi connectivity index (χ0) is 20.0. The number of amides is 2. The van der Waals surface area contributed by atoms with E-state index in [1.54, 1.807) is 12.1 Å². The van der Waals surface area contributed by atoms with Crippen molar-refractivity contribution in [2.75, 3.05) is 19.1 Å². The van der Waals surface area contributed by atoms with Gasteiger partial charge in [0.2, 0.25) is 5.91 Å². The molecule has 0 spiro atoms. The number of anilines is 1. The predicted octanol–water partition coefficient (Wildman–Crippen LogP) is -1.02. The van der Waals surface area contributed by atoms with E-state index in [-0.39, 0.29) is 47.0 Å². The van der Waals surface area contributed by atoms with Crippen LogP contribution >= 0.6 is 11.6 Å². The van der Waals surface area contributed by atoms with Crippen LogP contribution in [0.2, 0.25) is 5.02 Å². The summed E-state index contributed by atoms with van der Waals surface area (Å²) in [6, 6.07) is 10.4. The van der Waals surface area contributed by atoms with Crippen LogP contribution in [0, 0.1) is 0 Å². The van der Waals surface area contributed by atoms with Crippen molar-refractivity contribution in [3.8, 4) is 5.75 Å². The first-order valence-electron chi connectivity index (χ1n) is 7.72. The van der Waals surface area contributed by atoms with Crippen molar-refractivity contribution < 1.29 is 52.3 Å². The Morgan fingerprint density at radius 1 is 1.11 bits per heavy atom. The Kier molecular flexibility index (Phi) is 9.25. The Morgan fingerprint density at radius 3 is 2.32 bits per heavy atom. The molecule has 28 heavy (non-hydrogen) atoms. The van der Waals surface area contributed by atoms with Gasteiger partial charge in [-0.3, -0.25) is 9.59 Å². The summed E-state index contributed by atoms with van der Waals surface area (Å²) in [5.41, 5.74) is 0.874. The number of hydrogen-bond acceptors (Lipinski definition) is 6. The Morgan fingerprint density at radius 2 is 1.75 bits per heavy atom. The topological polar surface area (TPSA) is 114 Å². The number of hydrogen-bond donors (Lipinski definition) is 3. The molecule has 2 aromatic rings. The molecule has 0 radical (unpaired) electrons. The summed E-state index contributed by atoms with van der Waals surface area (Å²) in [5.74, 6) is -0.660. The molecule has 0 aliphatic rings. The number of nitrogens with one attached hydrogen (secondary N) is 3. The normalized spacial score (nSPS) is 10.4. The molecule has 0 aliphatic heterocycles. The summed E-state index contributed by atoms with van der Waals surface area (Å²) < 4.78 is 30.8. The average molecular weight is 435 g/mol. The van der Waals surface area contributed by atoms with Gasteiger partial charge in [0, 0.05) is 17.6 Å². The molecule has 0 unspecified atom stereocenters. The Balaban J connectivity index is 0.00000392. The van der Waals surface area contributed by atoms with E-state index >= 15 is 0 Å². The number of rotatable bonds is 7. The van der Waals surface area contributed by atoms with Crippen molar-refractivity contribution in [1.82, 2.24) is 10.0 Å². The molecule has 0 aliphatic carbocycles. The van der Waals surface area contributed by atoms with Crippen LogP contribution in [0.1, 0.15) is 17.3 Å². The van der Waals surface area contributed by atoms with Crippen molar-refractivity contribution in [3.05, 3.63) is 53.1 Å². The van der Waals surface area contributed by atoms with E-state index in [9.17, 15) is 18.0 Å². The average Bonchev–Trinajstić information content (AvgIpc) is 2.61. The molecule has 2 aromatic carbocycles. The fourth-order valence-corrected chi connectivity index (χ4v) is 3.34. The van der Waals surface area contributed by atoms with Gasteiger partial charge in [0.25, 0.3) is 15.9 Å². The molecule has 144 valence electrons. The number of sulfonamides is 1. The number of halogens is 1. The second kappa shape index (κ2) is 10.7.